The summed E-state index contributed by atoms with van der Waals surface area (Å²) in [5.41, 5.74) is 1.68. The normalized spacial score (nSPS) is 11.4. The molecule has 28 heavy (non-hydrogen) atoms. The first kappa shape index (κ1) is 19.7. The highest BCUT2D eigenvalue weighted by molar-refractivity contribution is 7.90. The van der Waals surface area contributed by atoms with Gasteiger partial charge in [0.1, 0.15) is 5.82 Å². The number of hydrogen-bond acceptors (Lipinski definition) is 6. The molecule has 1 heterocycles. The second-order valence-electron chi connectivity index (χ2n) is 6.33. The van der Waals surface area contributed by atoms with Crippen molar-refractivity contribution in [3.05, 3.63) is 59.7 Å². The SMILES string of the molecule is Cc1ccc(-c2nnc(CCC(=O)Nc3cc(S(C)(=O)=O)ccc3F)o2)cc1. The Morgan fingerprint density at radius 2 is 1.86 bits per heavy atom. The van der Waals surface area contributed by atoms with Gasteiger partial charge in [-0.05, 0) is 37.3 Å². The van der Waals surface area contributed by atoms with Crippen molar-refractivity contribution in [2.45, 2.75) is 24.7 Å². The average Bonchev–Trinajstić information content (AvgIpc) is 3.10. The first-order valence-electron chi connectivity index (χ1n) is 8.41. The number of amides is 1. The molecule has 0 unspecified atom stereocenters. The van der Waals surface area contributed by atoms with E-state index >= 15 is 0 Å². The van der Waals surface area contributed by atoms with Crippen LogP contribution in [0.3, 0.4) is 0 Å². The van der Waals surface area contributed by atoms with Gasteiger partial charge in [-0.15, -0.1) is 10.2 Å². The summed E-state index contributed by atoms with van der Waals surface area (Å²) in [5.74, 6) is -0.599. The van der Waals surface area contributed by atoms with Crippen molar-refractivity contribution in [2.75, 3.05) is 11.6 Å². The summed E-state index contributed by atoms with van der Waals surface area (Å²) in [5, 5.41) is 10.2. The maximum atomic E-state index is 13.9. The lowest BCUT2D eigenvalue weighted by Gasteiger charge is -2.07. The molecule has 0 saturated carbocycles. The predicted molar refractivity (Wildman–Crippen MR) is 101 cm³/mol. The quantitative estimate of drug-likeness (QED) is 0.635. The Bertz CT molecular complexity index is 1110. The van der Waals surface area contributed by atoms with Crippen molar-refractivity contribution in [1.29, 1.82) is 0 Å². The van der Waals surface area contributed by atoms with Crippen LogP contribution in [-0.2, 0) is 21.1 Å². The van der Waals surface area contributed by atoms with E-state index in [9.17, 15) is 17.6 Å². The molecule has 0 aliphatic carbocycles. The number of sulfone groups is 1. The van der Waals surface area contributed by atoms with E-state index in [0.29, 0.717) is 5.89 Å². The Hall–Kier alpha value is -3.07. The van der Waals surface area contributed by atoms with E-state index in [-0.39, 0.29) is 29.3 Å². The van der Waals surface area contributed by atoms with Gasteiger partial charge in [0.15, 0.2) is 9.84 Å². The molecular weight excluding hydrogens is 385 g/mol. The minimum Gasteiger partial charge on any atom is -0.421 e. The fourth-order valence-electron chi connectivity index (χ4n) is 2.43. The van der Waals surface area contributed by atoms with E-state index in [0.717, 1.165) is 35.6 Å². The Kier molecular flexibility index (Phi) is 5.55. The molecule has 0 aliphatic rings. The zero-order valence-electron chi connectivity index (χ0n) is 15.3. The van der Waals surface area contributed by atoms with Crippen molar-refractivity contribution in [3.63, 3.8) is 0 Å². The van der Waals surface area contributed by atoms with E-state index < -0.39 is 21.6 Å². The molecule has 9 heteroatoms. The Morgan fingerprint density at radius 3 is 2.54 bits per heavy atom. The largest absolute Gasteiger partial charge is 0.421 e. The summed E-state index contributed by atoms with van der Waals surface area (Å²) in [6, 6.07) is 10.8. The molecule has 1 aromatic heterocycles. The van der Waals surface area contributed by atoms with Crippen LogP contribution in [-0.4, -0.2) is 30.8 Å². The molecular formula is C19H18FN3O4S. The van der Waals surface area contributed by atoms with Crippen molar-refractivity contribution < 1.29 is 22.0 Å². The monoisotopic (exact) mass is 403 g/mol. The lowest BCUT2D eigenvalue weighted by Crippen LogP contribution is -2.14. The number of carbonyl (C=O) groups excluding carboxylic acids is 1. The number of aromatic nitrogens is 2. The Balaban J connectivity index is 1.63. The van der Waals surface area contributed by atoms with Crippen molar-refractivity contribution in [1.82, 2.24) is 10.2 Å². The van der Waals surface area contributed by atoms with Crippen LogP contribution in [0.25, 0.3) is 11.5 Å². The van der Waals surface area contributed by atoms with Crippen LogP contribution in [0.15, 0.2) is 51.8 Å². The van der Waals surface area contributed by atoms with Gasteiger partial charge in [0.05, 0.1) is 10.6 Å². The van der Waals surface area contributed by atoms with Crippen LogP contribution in [0.2, 0.25) is 0 Å². The summed E-state index contributed by atoms with van der Waals surface area (Å²) in [6.07, 6.45) is 1.14. The smallest absolute Gasteiger partial charge is 0.247 e. The highest BCUT2D eigenvalue weighted by atomic mass is 32.2. The summed E-state index contributed by atoms with van der Waals surface area (Å²) >= 11 is 0. The maximum Gasteiger partial charge on any atom is 0.247 e. The fraction of sp³-hybridized carbons (Fsp3) is 0.211. The van der Waals surface area contributed by atoms with E-state index in [1.54, 1.807) is 0 Å². The highest BCUT2D eigenvalue weighted by Gasteiger charge is 2.15. The molecule has 0 aliphatic heterocycles. The number of benzene rings is 2. The average molecular weight is 403 g/mol. The molecule has 146 valence electrons. The van der Waals surface area contributed by atoms with Gasteiger partial charge >= 0.3 is 0 Å². The summed E-state index contributed by atoms with van der Waals surface area (Å²) < 4.78 is 42.5. The fourth-order valence-corrected chi connectivity index (χ4v) is 3.08. The third-order valence-corrected chi connectivity index (χ3v) is 5.08. The molecule has 0 radical (unpaired) electrons. The second-order valence-corrected chi connectivity index (χ2v) is 8.34. The van der Waals surface area contributed by atoms with E-state index in [4.69, 9.17) is 4.42 Å². The molecule has 2 aromatic carbocycles. The van der Waals surface area contributed by atoms with Gasteiger partial charge in [-0.25, -0.2) is 12.8 Å². The van der Waals surface area contributed by atoms with Gasteiger partial charge in [-0.1, -0.05) is 17.7 Å². The zero-order chi connectivity index (χ0) is 20.3. The highest BCUT2D eigenvalue weighted by Crippen LogP contribution is 2.21. The lowest BCUT2D eigenvalue weighted by molar-refractivity contribution is -0.116. The van der Waals surface area contributed by atoms with Crippen molar-refractivity contribution >= 4 is 21.4 Å². The summed E-state index contributed by atoms with van der Waals surface area (Å²) in [7, 11) is -3.51. The van der Waals surface area contributed by atoms with E-state index in [1.165, 1.54) is 0 Å². The third-order valence-electron chi connectivity index (χ3n) is 3.97. The van der Waals surface area contributed by atoms with E-state index in [1.807, 2.05) is 31.2 Å². The van der Waals surface area contributed by atoms with Gasteiger partial charge < -0.3 is 9.73 Å². The van der Waals surface area contributed by atoms with Gasteiger partial charge in [0.25, 0.3) is 0 Å². The molecule has 3 rings (SSSR count). The number of anilines is 1. The first-order chi connectivity index (χ1) is 13.2. The summed E-state index contributed by atoms with van der Waals surface area (Å²) in [4.78, 5) is 12.0. The molecule has 1 N–H and O–H groups in total. The number of carbonyl (C=O) groups is 1. The van der Waals surface area contributed by atoms with Crippen LogP contribution in [0.1, 0.15) is 17.9 Å². The molecule has 0 atom stereocenters. The van der Waals surface area contributed by atoms with Crippen LogP contribution >= 0.6 is 0 Å². The van der Waals surface area contributed by atoms with Gasteiger partial charge in [-0.3, -0.25) is 4.79 Å². The minimum absolute atomic E-state index is 0.0297. The number of halogens is 1. The Labute approximate surface area is 161 Å². The molecule has 1 amide bonds. The molecule has 7 nitrogen and oxygen atoms in total. The maximum absolute atomic E-state index is 13.9. The number of nitrogens with zero attached hydrogens (tertiary/aromatic N) is 2. The van der Waals surface area contributed by atoms with Crippen molar-refractivity contribution in [2.24, 2.45) is 0 Å². The van der Waals surface area contributed by atoms with Crippen LogP contribution < -0.4 is 5.32 Å². The first-order valence-corrected chi connectivity index (χ1v) is 10.3. The topological polar surface area (TPSA) is 102 Å². The van der Waals surface area contributed by atoms with Gasteiger partial charge in [0.2, 0.25) is 17.7 Å². The molecule has 0 saturated heterocycles. The molecule has 0 fully saturated rings. The summed E-state index contributed by atoms with van der Waals surface area (Å²) in [6.45, 7) is 1.97. The van der Waals surface area contributed by atoms with Gasteiger partial charge in [0, 0.05) is 24.7 Å². The minimum atomic E-state index is -3.51. The van der Waals surface area contributed by atoms with Crippen LogP contribution in [0.5, 0.6) is 0 Å². The van der Waals surface area contributed by atoms with Gasteiger partial charge in [-0.2, -0.15) is 0 Å². The number of hydrogen-bond donors (Lipinski definition) is 1. The predicted octanol–water partition coefficient (Wildman–Crippen LogP) is 3.16. The molecule has 3 aromatic rings. The number of aryl methyl sites for hydroxylation is 2. The molecule has 0 bridgehead atoms. The van der Waals surface area contributed by atoms with E-state index in [2.05, 4.69) is 15.5 Å². The Morgan fingerprint density at radius 1 is 1.14 bits per heavy atom. The lowest BCUT2D eigenvalue weighted by atomic mass is 10.1. The number of nitrogens with one attached hydrogen (secondary N) is 1. The molecule has 0 spiro atoms. The standard InChI is InChI=1S/C19H18FN3O4S/c1-12-3-5-13(6-4-12)19-23-22-18(27-19)10-9-17(24)21-16-11-14(28(2,25)26)7-8-15(16)20/h3-8,11H,9-10H2,1-2H3,(H,21,24). The third kappa shape index (κ3) is 4.80. The zero-order valence-corrected chi connectivity index (χ0v) is 16.1. The van der Waals surface area contributed by atoms with Crippen LogP contribution in [0.4, 0.5) is 10.1 Å². The number of rotatable bonds is 6. The second kappa shape index (κ2) is 7.89. The van der Waals surface area contributed by atoms with Crippen LogP contribution in [0, 0.1) is 12.7 Å². The van der Waals surface area contributed by atoms with Crippen molar-refractivity contribution in [3.8, 4) is 11.5 Å².